The summed E-state index contributed by atoms with van der Waals surface area (Å²) >= 11 is 11.4. The number of nitrogens with one attached hydrogen (secondary N) is 1. The maximum Gasteiger partial charge on any atom is 0.417 e. The van der Waals surface area contributed by atoms with Crippen LogP contribution < -0.4 is 5.32 Å². The van der Waals surface area contributed by atoms with Crippen molar-refractivity contribution in [1.29, 1.82) is 0 Å². The highest BCUT2D eigenvalue weighted by atomic mass is 35.5. The molecule has 0 amide bonds. The summed E-state index contributed by atoms with van der Waals surface area (Å²) in [5.74, 6) is -0.477. The number of rotatable bonds is 3. The van der Waals surface area contributed by atoms with E-state index in [4.69, 9.17) is 23.2 Å². The van der Waals surface area contributed by atoms with Crippen LogP contribution in [0.2, 0.25) is 10.0 Å². The van der Waals surface area contributed by atoms with Crippen molar-refractivity contribution in [3.8, 4) is 0 Å². The Labute approximate surface area is 128 Å². The summed E-state index contributed by atoms with van der Waals surface area (Å²) in [6, 6.07) is 7.34. The topological polar surface area (TPSA) is 12.0 Å². The van der Waals surface area contributed by atoms with E-state index in [0.717, 1.165) is 12.1 Å². The Morgan fingerprint density at radius 3 is 2.29 bits per heavy atom. The van der Waals surface area contributed by atoms with Crippen LogP contribution in [0.1, 0.15) is 11.1 Å². The van der Waals surface area contributed by atoms with E-state index < -0.39 is 17.6 Å². The summed E-state index contributed by atoms with van der Waals surface area (Å²) in [5.41, 5.74) is -0.104. The fourth-order valence-electron chi connectivity index (χ4n) is 1.71. The van der Waals surface area contributed by atoms with Gasteiger partial charge in [-0.25, -0.2) is 4.39 Å². The number of halogens is 6. The Morgan fingerprint density at radius 1 is 0.952 bits per heavy atom. The largest absolute Gasteiger partial charge is 0.417 e. The van der Waals surface area contributed by atoms with Crippen LogP contribution in [0.4, 0.5) is 23.2 Å². The quantitative estimate of drug-likeness (QED) is 0.701. The van der Waals surface area contributed by atoms with Gasteiger partial charge in [0, 0.05) is 17.3 Å². The summed E-state index contributed by atoms with van der Waals surface area (Å²) in [4.78, 5) is 0. The van der Waals surface area contributed by atoms with Gasteiger partial charge in [-0.1, -0.05) is 29.3 Å². The third kappa shape index (κ3) is 4.02. The van der Waals surface area contributed by atoms with Crippen molar-refractivity contribution in [2.45, 2.75) is 12.7 Å². The monoisotopic (exact) mass is 337 g/mol. The van der Waals surface area contributed by atoms with Crippen molar-refractivity contribution in [2.24, 2.45) is 0 Å². The molecule has 0 fully saturated rings. The molecular weight excluding hydrogens is 329 g/mol. The van der Waals surface area contributed by atoms with Crippen molar-refractivity contribution < 1.29 is 17.6 Å². The molecule has 0 bridgehead atoms. The third-order valence-electron chi connectivity index (χ3n) is 2.77. The minimum absolute atomic E-state index is 0.165. The molecule has 2 aromatic rings. The van der Waals surface area contributed by atoms with Crippen LogP contribution in [0, 0.1) is 5.82 Å². The first kappa shape index (κ1) is 15.9. The molecule has 0 saturated heterocycles. The van der Waals surface area contributed by atoms with Gasteiger partial charge in [0.2, 0.25) is 0 Å². The van der Waals surface area contributed by atoms with E-state index in [9.17, 15) is 17.6 Å². The van der Waals surface area contributed by atoms with E-state index in [1.165, 1.54) is 24.3 Å². The number of anilines is 1. The molecule has 0 aromatic heterocycles. The lowest BCUT2D eigenvalue weighted by Gasteiger charge is -2.13. The predicted molar refractivity (Wildman–Crippen MR) is 75.2 cm³/mol. The van der Waals surface area contributed by atoms with E-state index in [1.54, 1.807) is 0 Å². The van der Waals surface area contributed by atoms with Gasteiger partial charge < -0.3 is 5.32 Å². The second kappa shape index (κ2) is 6.12. The van der Waals surface area contributed by atoms with Crippen molar-refractivity contribution in [2.75, 3.05) is 5.32 Å². The molecule has 0 spiro atoms. The molecule has 21 heavy (non-hydrogen) atoms. The van der Waals surface area contributed by atoms with E-state index in [-0.39, 0.29) is 22.3 Å². The highest BCUT2D eigenvalue weighted by Crippen LogP contribution is 2.36. The summed E-state index contributed by atoms with van der Waals surface area (Å²) < 4.78 is 51.1. The van der Waals surface area contributed by atoms with Crippen LogP contribution in [-0.4, -0.2) is 0 Å². The lowest BCUT2D eigenvalue weighted by molar-refractivity contribution is -0.137. The lowest BCUT2D eigenvalue weighted by Crippen LogP contribution is -2.07. The van der Waals surface area contributed by atoms with Crippen molar-refractivity contribution in [3.63, 3.8) is 0 Å². The number of benzene rings is 2. The average molecular weight is 338 g/mol. The summed E-state index contributed by atoms with van der Waals surface area (Å²) in [6.45, 7) is 0.165. The van der Waals surface area contributed by atoms with Gasteiger partial charge in [0.25, 0.3) is 0 Å². The molecule has 1 nitrogen and oxygen atoms in total. The molecule has 0 aliphatic rings. The zero-order chi connectivity index (χ0) is 15.6. The number of hydrogen-bond donors (Lipinski definition) is 1. The average Bonchev–Trinajstić information content (AvgIpc) is 2.38. The van der Waals surface area contributed by atoms with Crippen LogP contribution in [0.25, 0.3) is 0 Å². The molecule has 0 heterocycles. The molecule has 7 heteroatoms. The third-order valence-corrected chi connectivity index (χ3v) is 3.45. The molecule has 0 radical (unpaired) electrons. The molecule has 0 saturated carbocycles. The maximum atomic E-state index is 12.9. The van der Waals surface area contributed by atoms with Gasteiger partial charge in [-0.2, -0.15) is 13.2 Å². The molecule has 2 aromatic carbocycles. The minimum atomic E-state index is -4.53. The highest BCUT2D eigenvalue weighted by molar-refractivity contribution is 6.31. The molecule has 0 aliphatic heterocycles. The second-order valence-corrected chi connectivity index (χ2v) is 5.10. The number of hydrogen-bond acceptors (Lipinski definition) is 1. The van der Waals surface area contributed by atoms with Gasteiger partial charge in [-0.15, -0.1) is 0 Å². The van der Waals surface area contributed by atoms with Crippen molar-refractivity contribution in [1.82, 2.24) is 0 Å². The molecule has 112 valence electrons. The molecular formula is C14H9Cl2F4N. The van der Waals surface area contributed by atoms with E-state index in [2.05, 4.69) is 5.32 Å². The molecule has 0 atom stereocenters. The normalized spacial score (nSPS) is 11.5. The first-order valence-electron chi connectivity index (χ1n) is 5.82. The Bertz CT molecular complexity index is 656. The van der Waals surface area contributed by atoms with Gasteiger partial charge >= 0.3 is 6.18 Å². The van der Waals surface area contributed by atoms with Gasteiger partial charge in [0.05, 0.1) is 10.6 Å². The van der Waals surface area contributed by atoms with Gasteiger partial charge in [0.1, 0.15) is 5.82 Å². The fraction of sp³-hybridized carbons (Fsp3) is 0.143. The van der Waals surface area contributed by atoms with Gasteiger partial charge in [-0.3, -0.25) is 0 Å². The van der Waals surface area contributed by atoms with Crippen molar-refractivity contribution in [3.05, 3.63) is 63.4 Å². The zero-order valence-corrected chi connectivity index (χ0v) is 12.0. The Morgan fingerprint density at radius 2 is 1.67 bits per heavy atom. The first-order valence-corrected chi connectivity index (χ1v) is 6.57. The van der Waals surface area contributed by atoms with Crippen LogP contribution >= 0.6 is 23.2 Å². The van der Waals surface area contributed by atoms with Crippen LogP contribution in [0.15, 0.2) is 36.4 Å². The van der Waals surface area contributed by atoms with Crippen molar-refractivity contribution >= 4 is 28.9 Å². The lowest BCUT2D eigenvalue weighted by atomic mass is 10.1. The minimum Gasteiger partial charge on any atom is -0.381 e. The molecule has 0 aliphatic carbocycles. The van der Waals surface area contributed by atoms with Gasteiger partial charge in [-0.05, 0) is 35.9 Å². The van der Waals surface area contributed by atoms with E-state index >= 15 is 0 Å². The SMILES string of the molecule is Fc1ccc(CNc2ccc(Cl)c(C(F)(F)F)c2)c(Cl)c1. The second-order valence-electron chi connectivity index (χ2n) is 4.28. The maximum absolute atomic E-state index is 12.9. The molecule has 2 rings (SSSR count). The Hall–Kier alpha value is -1.46. The van der Waals surface area contributed by atoms with Crippen LogP contribution in [0.5, 0.6) is 0 Å². The zero-order valence-electron chi connectivity index (χ0n) is 10.4. The first-order chi connectivity index (χ1) is 9.77. The summed E-state index contributed by atoms with van der Waals surface area (Å²) in [5, 5.41) is 2.63. The predicted octanol–water partition coefficient (Wildman–Crippen LogP) is 5.76. The van der Waals surface area contributed by atoms with Crippen LogP contribution in [0.3, 0.4) is 0 Å². The Balaban J connectivity index is 2.17. The molecule has 1 N–H and O–H groups in total. The summed E-state index contributed by atoms with van der Waals surface area (Å²) in [7, 11) is 0. The number of alkyl halides is 3. The summed E-state index contributed by atoms with van der Waals surface area (Å²) in [6.07, 6.45) is -4.53. The highest BCUT2D eigenvalue weighted by Gasteiger charge is 2.33. The van der Waals surface area contributed by atoms with E-state index in [0.29, 0.717) is 5.56 Å². The fourth-order valence-corrected chi connectivity index (χ4v) is 2.17. The smallest absolute Gasteiger partial charge is 0.381 e. The van der Waals surface area contributed by atoms with Crippen LogP contribution in [-0.2, 0) is 12.7 Å². The molecule has 0 unspecified atom stereocenters. The van der Waals surface area contributed by atoms with E-state index in [1.807, 2.05) is 0 Å². The standard InChI is InChI=1S/C14H9Cl2F4N/c15-12-4-3-10(6-11(12)14(18,19)20)21-7-8-1-2-9(17)5-13(8)16/h1-6,21H,7H2. The Kier molecular flexibility index (Phi) is 4.64. The van der Waals surface area contributed by atoms with Gasteiger partial charge in [0.15, 0.2) is 0 Å².